The number of carbonyl (C=O) groups excluding carboxylic acids is 2. The summed E-state index contributed by atoms with van der Waals surface area (Å²) in [6.45, 7) is 1.98. The van der Waals surface area contributed by atoms with Crippen molar-refractivity contribution < 1.29 is 47.6 Å². The molecule has 0 aliphatic heterocycles. The van der Waals surface area contributed by atoms with Gasteiger partial charge in [-0.2, -0.15) is 11.8 Å². The first kappa shape index (κ1) is 31.0. The lowest BCUT2D eigenvalue weighted by atomic mass is 10.3. The summed E-state index contributed by atoms with van der Waals surface area (Å²) in [5.74, 6) is 0.494. The summed E-state index contributed by atoms with van der Waals surface area (Å²) in [4.78, 5) is 40.6. The summed E-state index contributed by atoms with van der Waals surface area (Å²) in [5, 5.41) is 5.04. The van der Waals surface area contributed by atoms with E-state index in [9.17, 15) is 14.2 Å². The Hall–Kier alpha value is -0.960. The van der Waals surface area contributed by atoms with Gasteiger partial charge in [0.1, 0.15) is 6.10 Å². The quantitative estimate of drug-likeness (QED) is 0.0980. The van der Waals surface area contributed by atoms with Gasteiger partial charge in [-0.15, -0.1) is 0 Å². The van der Waals surface area contributed by atoms with Crippen molar-refractivity contribution in [2.75, 3.05) is 84.6 Å². The highest BCUT2D eigenvalue weighted by Crippen LogP contribution is 2.33. The van der Waals surface area contributed by atoms with Crippen molar-refractivity contribution in [1.29, 1.82) is 0 Å². The first-order valence-corrected chi connectivity index (χ1v) is 12.9. The molecule has 32 heavy (non-hydrogen) atoms. The molecule has 0 bridgehead atoms. The molecule has 0 aliphatic rings. The van der Waals surface area contributed by atoms with Crippen molar-refractivity contribution >= 4 is 31.4 Å². The van der Waals surface area contributed by atoms with Crippen LogP contribution in [0.2, 0.25) is 0 Å². The van der Waals surface area contributed by atoms with Gasteiger partial charge < -0.3 is 49.8 Å². The van der Waals surface area contributed by atoms with Crippen molar-refractivity contribution in [1.82, 2.24) is 10.6 Å². The lowest BCUT2D eigenvalue weighted by molar-refractivity contribution is -0.122. The van der Waals surface area contributed by atoms with Crippen LogP contribution in [0.3, 0.4) is 0 Å². The molecule has 0 rings (SSSR count). The summed E-state index contributed by atoms with van der Waals surface area (Å²) >= 11 is 1.38. The van der Waals surface area contributed by atoms with E-state index in [2.05, 4.69) is 10.6 Å². The Bertz CT molecular complexity index is 555. The lowest BCUT2D eigenvalue weighted by Crippen LogP contribution is -2.43. The molecule has 0 heterocycles. The number of ether oxygens (including phenoxy) is 5. The van der Waals surface area contributed by atoms with Crippen LogP contribution in [0.5, 0.6) is 0 Å². The zero-order chi connectivity index (χ0) is 24.2. The molecule has 6 N–H and O–H groups in total. The molecule has 0 radical (unpaired) electrons. The zero-order valence-electron chi connectivity index (χ0n) is 18.5. The highest BCUT2D eigenvalue weighted by molar-refractivity contribution is 7.99. The van der Waals surface area contributed by atoms with Gasteiger partial charge in [0.05, 0.1) is 58.5 Å². The molecule has 0 aromatic carbocycles. The zero-order valence-corrected chi connectivity index (χ0v) is 20.2. The number of alkyl carbamates (subject to hydrolysis) is 1. The van der Waals surface area contributed by atoms with Gasteiger partial charge in [0.15, 0.2) is 0 Å². The van der Waals surface area contributed by atoms with E-state index in [1.165, 1.54) is 25.9 Å². The molecule has 0 aromatic rings. The van der Waals surface area contributed by atoms with E-state index in [0.29, 0.717) is 37.9 Å². The standard InChI is InChI=1S/C17H36N3O10PS/c1-19-17(22)30-14(11-26-2)12-32-13-15(18)16(21)20-3-4-27-5-6-28-7-8-29-9-10-31(23,24)25/h14-15H,3-13,18H2,1-2H3,(H,19,22)(H,20,21)(H2,23,24,25)/t14-,15+/m1/s1. The number of hydrogen-bond donors (Lipinski definition) is 5. The Labute approximate surface area is 192 Å². The molecular formula is C17H36N3O10PS. The van der Waals surface area contributed by atoms with E-state index in [1.807, 2.05) is 0 Å². The number of nitrogens with one attached hydrogen (secondary N) is 2. The summed E-state index contributed by atoms with van der Waals surface area (Å²) in [5.41, 5.74) is 5.86. The summed E-state index contributed by atoms with van der Waals surface area (Å²) in [6.07, 6.45) is -1.31. The fourth-order valence-electron chi connectivity index (χ4n) is 2.02. The predicted molar refractivity (Wildman–Crippen MR) is 119 cm³/mol. The van der Waals surface area contributed by atoms with Crippen LogP contribution in [-0.4, -0.2) is 119 Å². The Morgan fingerprint density at radius 1 is 1.03 bits per heavy atom. The van der Waals surface area contributed by atoms with Gasteiger partial charge in [0.2, 0.25) is 5.91 Å². The van der Waals surface area contributed by atoms with E-state index in [4.69, 9.17) is 39.2 Å². The fourth-order valence-corrected chi connectivity index (χ4v) is 3.35. The second kappa shape index (κ2) is 19.5. The van der Waals surface area contributed by atoms with Crippen LogP contribution >= 0.6 is 19.4 Å². The molecule has 0 saturated carbocycles. The molecule has 0 saturated heterocycles. The van der Waals surface area contributed by atoms with Gasteiger partial charge in [-0.25, -0.2) is 4.79 Å². The summed E-state index contributed by atoms with van der Waals surface area (Å²) in [7, 11) is -1.05. The average Bonchev–Trinajstić information content (AvgIpc) is 2.73. The normalized spacial score (nSPS) is 13.4. The Kier molecular flexibility index (Phi) is 18.9. The van der Waals surface area contributed by atoms with Gasteiger partial charge in [-0.1, -0.05) is 0 Å². The van der Waals surface area contributed by atoms with Gasteiger partial charge in [0, 0.05) is 32.2 Å². The van der Waals surface area contributed by atoms with Crippen molar-refractivity contribution in [2.24, 2.45) is 5.73 Å². The molecule has 190 valence electrons. The second-order valence-electron chi connectivity index (χ2n) is 6.39. The van der Waals surface area contributed by atoms with Gasteiger partial charge in [-0.05, 0) is 0 Å². The van der Waals surface area contributed by atoms with Crippen LogP contribution in [0.1, 0.15) is 0 Å². The van der Waals surface area contributed by atoms with E-state index in [-0.39, 0.29) is 38.5 Å². The summed E-state index contributed by atoms with van der Waals surface area (Å²) in [6, 6.07) is -0.711. The number of thioether (sulfide) groups is 1. The number of rotatable bonds is 20. The van der Waals surface area contributed by atoms with Gasteiger partial charge in [-0.3, -0.25) is 9.36 Å². The molecule has 0 aliphatic carbocycles. The average molecular weight is 506 g/mol. The Morgan fingerprint density at radius 3 is 2.19 bits per heavy atom. The van der Waals surface area contributed by atoms with E-state index in [0.717, 1.165) is 0 Å². The van der Waals surface area contributed by atoms with Crippen LogP contribution < -0.4 is 16.4 Å². The lowest BCUT2D eigenvalue weighted by Gasteiger charge is -2.17. The number of carbonyl (C=O) groups is 2. The van der Waals surface area contributed by atoms with E-state index >= 15 is 0 Å². The van der Waals surface area contributed by atoms with Crippen LogP contribution in [0.4, 0.5) is 4.79 Å². The minimum atomic E-state index is -4.02. The van der Waals surface area contributed by atoms with Crippen molar-refractivity contribution in [3.8, 4) is 0 Å². The molecule has 2 atom stereocenters. The third kappa shape index (κ3) is 19.7. The fraction of sp³-hybridized carbons (Fsp3) is 0.882. The highest BCUT2D eigenvalue weighted by atomic mass is 32.2. The molecule has 0 unspecified atom stereocenters. The first-order valence-electron chi connectivity index (χ1n) is 9.95. The first-order chi connectivity index (χ1) is 15.2. The number of nitrogens with two attached hydrogens (primary N) is 1. The number of hydrogen-bond acceptors (Lipinski definition) is 10. The molecule has 15 heteroatoms. The SMILES string of the molecule is CNC(=O)O[C@H](COC)CSC[C@H](N)C(=O)NCCOCCOCCOCCP(=O)(O)O. The predicted octanol–water partition coefficient (Wildman–Crippen LogP) is -1.24. The van der Waals surface area contributed by atoms with E-state index < -0.39 is 25.8 Å². The van der Waals surface area contributed by atoms with Crippen LogP contribution in [0.15, 0.2) is 0 Å². The highest BCUT2D eigenvalue weighted by Gasteiger charge is 2.17. The van der Waals surface area contributed by atoms with Crippen LogP contribution in [0.25, 0.3) is 0 Å². The van der Waals surface area contributed by atoms with E-state index in [1.54, 1.807) is 0 Å². The topological polar surface area (TPSA) is 188 Å². The molecule has 0 spiro atoms. The monoisotopic (exact) mass is 505 g/mol. The molecule has 13 nitrogen and oxygen atoms in total. The Balaban J connectivity index is 3.64. The van der Waals surface area contributed by atoms with Crippen LogP contribution in [0, 0.1) is 0 Å². The molecule has 2 amide bonds. The van der Waals surface area contributed by atoms with Gasteiger partial charge >= 0.3 is 13.7 Å². The number of amides is 2. The van der Waals surface area contributed by atoms with Crippen molar-refractivity contribution in [2.45, 2.75) is 12.1 Å². The van der Waals surface area contributed by atoms with Crippen LogP contribution in [-0.2, 0) is 33.0 Å². The summed E-state index contributed by atoms with van der Waals surface area (Å²) < 4.78 is 36.4. The minimum absolute atomic E-state index is 0.0258. The molecule has 0 aromatic heterocycles. The smallest absolute Gasteiger partial charge is 0.407 e. The van der Waals surface area contributed by atoms with Gasteiger partial charge in [0.25, 0.3) is 0 Å². The molecular weight excluding hydrogens is 469 g/mol. The third-order valence-electron chi connectivity index (χ3n) is 3.58. The minimum Gasteiger partial charge on any atom is -0.443 e. The molecule has 0 fully saturated rings. The maximum Gasteiger partial charge on any atom is 0.407 e. The maximum atomic E-state index is 12.0. The second-order valence-corrected chi connectivity index (χ2v) is 9.24. The Morgan fingerprint density at radius 2 is 1.62 bits per heavy atom. The van der Waals surface area contributed by atoms with Crippen molar-refractivity contribution in [3.05, 3.63) is 0 Å². The maximum absolute atomic E-state index is 12.0. The third-order valence-corrected chi connectivity index (χ3v) is 5.55. The largest absolute Gasteiger partial charge is 0.443 e. The van der Waals surface area contributed by atoms with Crippen molar-refractivity contribution in [3.63, 3.8) is 0 Å². The number of methoxy groups -OCH3 is 1.